The average molecular weight is 305 g/mol. The second-order valence-corrected chi connectivity index (χ2v) is 5.95. The molecule has 1 saturated heterocycles. The standard InChI is InChI=1S/C17H23NO4/c1-12(17(20)21)10-13-2-4-15(5-3-13)18-16(19)11-14-6-8-22-9-7-14/h2-5,12,14H,6-11H2,1H3,(H,18,19)(H,20,21). The van der Waals surface area contributed by atoms with Crippen molar-refractivity contribution in [2.24, 2.45) is 11.8 Å². The van der Waals surface area contributed by atoms with Crippen LogP contribution in [-0.2, 0) is 20.7 Å². The molecule has 0 bridgehead atoms. The van der Waals surface area contributed by atoms with Crippen molar-refractivity contribution in [3.05, 3.63) is 29.8 Å². The Morgan fingerprint density at radius 1 is 1.27 bits per heavy atom. The van der Waals surface area contributed by atoms with Crippen molar-refractivity contribution < 1.29 is 19.4 Å². The lowest BCUT2D eigenvalue weighted by Gasteiger charge is -2.21. The zero-order chi connectivity index (χ0) is 15.9. The van der Waals surface area contributed by atoms with Gasteiger partial charge in [-0.2, -0.15) is 0 Å². The Morgan fingerprint density at radius 2 is 1.91 bits per heavy atom. The van der Waals surface area contributed by atoms with Gasteiger partial charge in [0, 0.05) is 25.3 Å². The molecule has 1 amide bonds. The first-order valence-electron chi connectivity index (χ1n) is 7.74. The monoisotopic (exact) mass is 305 g/mol. The number of carboxylic acids is 1. The first-order chi connectivity index (χ1) is 10.5. The molecule has 2 rings (SSSR count). The van der Waals surface area contributed by atoms with Gasteiger partial charge in [0.1, 0.15) is 0 Å². The Hall–Kier alpha value is -1.88. The van der Waals surface area contributed by atoms with Crippen LogP contribution in [0.2, 0.25) is 0 Å². The maximum atomic E-state index is 12.0. The van der Waals surface area contributed by atoms with Crippen LogP contribution in [-0.4, -0.2) is 30.2 Å². The Bertz CT molecular complexity index is 506. The fourth-order valence-electron chi connectivity index (χ4n) is 2.59. The third-order valence-electron chi connectivity index (χ3n) is 4.02. The van der Waals surface area contributed by atoms with Crippen LogP contribution in [0.1, 0.15) is 31.7 Å². The van der Waals surface area contributed by atoms with E-state index < -0.39 is 11.9 Å². The van der Waals surface area contributed by atoms with Crippen molar-refractivity contribution in [2.45, 2.75) is 32.6 Å². The Morgan fingerprint density at radius 3 is 2.50 bits per heavy atom. The topological polar surface area (TPSA) is 75.6 Å². The summed E-state index contributed by atoms with van der Waals surface area (Å²) in [6, 6.07) is 7.38. The zero-order valence-corrected chi connectivity index (χ0v) is 12.9. The second kappa shape index (κ2) is 7.94. The number of carboxylic acid groups (broad SMARTS) is 1. The van der Waals surface area contributed by atoms with Gasteiger partial charge in [-0.1, -0.05) is 19.1 Å². The highest BCUT2D eigenvalue weighted by Gasteiger charge is 2.17. The van der Waals surface area contributed by atoms with Gasteiger partial charge >= 0.3 is 5.97 Å². The molecule has 0 spiro atoms. The molecule has 2 N–H and O–H groups in total. The van der Waals surface area contributed by atoms with E-state index in [1.54, 1.807) is 6.92 Å². The van der Waals surface area contributed by atoms with Crippen molar-refractivity contribution in [2.75, 3.05) is 18.5 Å². The van der Waals surface area contributed by atoms with Crippen molar-refractivity contribution in [1.29, 1.82) is 0 Å². The van der Waals surface area contributed by atoms with Gasteiger partial charge in [0.2, 0.25) is 5.91 Å². The predicted octanol–water partition coefficient (Wildman–Crippen LogP) is 2.71. The Kier molecular flexibility index (Phi) is 5.95. The number of ether oxygens (including phenoxy) is 1. The minimum absolute atomic E-state index is 0.0264. The number of benzene rings is 1. The van der Waals surface area contributed by atoms with E-state index in [0.717, 1.165) is 37.3 Å². The van der Waals surface area contributed by atoms with Gasteiger partial charge in [-0.3, -0.25) is 9.59 Å². The molecule has 1 aromatic carbocycles. The number of anilines is 1. The van der Waals surface area contributed by atoms with Crippen molar-refractivity contribution in [3.8, 4) is 0 Å². The van der Waals surface area contributed by atoms with Crippen LogP contribution in [0.5, 0.6) is 0 Å². The Labute approximate surface area is 130 Å². The zero-order valence-electron chi connectivity index (χ0n) is 12.9. The summed E-state index contributed by atoms with van der Waals surface area (Å²) < 4.78 is 5.29. The Balaban J connectivity index is 1.82. The van der Waals surface area contributed by atoms with Gasteiger partial charge in [0.25, 0.3) is 0 Å². The molecule has 22 heavy (non-hydrogen) atoms. The molecule has 5 heteroatoms. The SMILES string of the molecule is CC(Cc1ccc(NC(=O)CC2CCOCC2)cc1)C(=O)O. The van der Waals surface area contributed by atoms with Crippen LogP contribution in [0.15, 0.2) is 24.3 Å². The highest BCUT2D eigenvalue weighted by atomic mass is 16.5. The minimum Gasteiger partial charge on any atom is -0.481 e. The first kappa shape index (κ1) is 16.5. The number of amides is 1. The van der Waals surface area contributed by atoms with Crippen molar-refractivity contribution in [1.82, 2.24) is 0 Å². The lowest BCUT2D eigenvalue weighted by atomic mass is 9.96. The molecule has 0 aliphatic carbocycles. The summed E-state index contributed by atoms with van der Waals surface area (Å²) in [6.45, 7) is 3.18. The quantitative estimate of drug-likeness (QED) is 0.847. The number of carbonyl (C=O) groups is 2. The number of nitrogens with one attached hydrogen (secondary N) is 1. The molecule has 0 saturated carbocycles. The van der Waals surface area contributed by atoms with E-state index in [-0.39, 0.29) is 5.91 Å². The summed E-state index contributed by atoms with van der Waals surface area (Å²) in [7, 11) is 0. The summed E-state index contributed by atoms with van der Waals surface area (Å²) in [6.07, 6.45) is 2.91. The summed E-state index contributed by atoms with van der Waals surface area (Å²) in [4.78, 5) is 22.8. The summed E-state index contributed by atoms with van der Waals surface area (Å²) in [5.41, 5.74) is 1.71. The van der Waals surface area contributed by atoms with Crippen molar-refractivity contribution >= 4 is 17.6 Å². The van der Waals surface area contributed by atoms with E-state index in [0.29, 0.717) is 18.8 Å². The third-order valence-corrected chi connectivity index (χ3v) is 4.02. The largest absolute Gasteiger partial charge is 0.481 e. The fraction of sp³-hybridized carbons (Fsp3) is 0.529. The van der Waals surface area contributed by atoms with E-state index in [9.17, 15) is 9.59 Å². The second-order valence-electron chi connectivity index (χ2n) is 5.95. The van der Waals surface area contributed by atoms with Gasteiger partial charge in [-0.05, 0) is 42.9 Å². The summed E-state index contributed by atoms with van der Waals surface area (Å²) in [5.74, 6) is -0.772. The number of hydrogen-bond acceptors (Lipinski definition) is 3. The van der Waals surface area contributed by atoms with Crippen LogP contribution in [0.4, 0.5) is 5.69 Å². The highest BCUT2D eigenvalue weighted by Crippen LogP contribution is 2.20. The number of aliphatic carboxylic acids is 1. The van der Waals surface area contributed by atoms with Gasteiger partial charge in [0.05, 0.1) is 5.92 Å². The number of hydrogen-bond donors (Lipinski definition) is 2. The van der Waals surface area contributed by atoms with Crippen molar-refractivity contribution in [3.63, 3.8) is 0 Å². The molecule has 1 aliphatic heterocycles. The van der Waals surface area contributed by atoms with Gasteiger partial charge in [0.15, 0.2) is 0 Å². The molecule has 5 nitrogen and oxygen atoms in total. The lowest BCUT2D eigenvalue weighted by Crippen LogP contribution is -2.22. The van der Waals surface area contributed by atoms with E-state index in [1.807, 2.05) is 24.3 Å². The molecule has 1 aromatic rings. The first-order valence-corrected chi connectivity index (χ1v) is 7.74. The minimum atomic E-state index is -0.797. The maximum Gasteiger partial charge on any atom is 0.306 e. The fourth-order valence-corrected chi connectivity index (χ4v) is 2.59. The molecule has 120 valence electrons. The maximum absolute atomic E-state index is 12.0. The van der Waals surface area contributed by atoms with E-state index in [4.69, 9.17) is 9.84 Å². The third kappa shape index (κ3) is 5.15. The average Bonchev–Trinajstić information content (AvgIpc) is 2.50. The summed E-state index contributed by atoms with van der Waals surface area (Å²) in [5, 5.41) is 11.8. The molecular weight excluding hydrogens is 282 g/mol. The van der Waals surface area contributed by atoms with E-state index in [2.05, 4.69) is 5.32 Å². The molecule has 1 unspecified atom stereocenters. The van der Waals surface area contributed by atoms with Crippen LogP contribution < -0.4 is 5.32 Å². The molecule has 1 fully saturated rings. The summed E-state index contributed by atoms with van der Waals surface area (Å²) >= 11 is 0. The van der Waals surface area contributed by atoms with E-state index >= 15 is 0 Å². The van der Waals surface area contributed by atoms with E-state index in [1.165, 1.54) is 0 Å². The highest BCUT2D eigenvalue weighted by molar-refractivity contribution is 5.90. The lowest BCUT2D eigenvalue weighted by molar-refractivity contribution is -0.141. The molecule has 0 aromatic heterocycles. The van der Waals surface area contributed by atoms with Gasteiger partial charge in [-0.15, -0.1) is 0 Å². The molecule has 1 atom stereocenters. The van der Waals surface area contributed by atoms with Gasteiger partial charge in [-0.25, -0.2) is 0 Å². The van der Waals surface area contributed by atoms with Crippen LogP contribution in [0, 0.1) is 11.8 Å². The number of rotatable bonds is 6. The number of carbonyl (C=O) groups excluding carboxylic acids is 1. The predicted molar refractivity (Wildman–Crippen MR) is 83.7 cm³/mol. The van der Waals surface area contributed by atoms with Crippen LogP contribution >= 0.6 is 0 Å². The molecular formula is C17H23NO4. The smallest absolute Gasteiger partial charge is 0.306 e. The van der Waals surface area contributed by atoms with Crippen LogP contribution in [0.25, 0.3) is 0 Å². The van der Waals surface area contributed by atoms with Gasteiger partial charge < -0.3 is 15.2 Å². The molecule has 0 radical (unpaired) electrons. The normalized spacial score (nSPS) is 17.0. The molecule has 1 aliphatic rings. The van der Waals surface area contributed by atoms with Crippen LogP contribution in [0.3, 0.4) is 0 Å². The molecule has 1 heterocycles.